The molecule has 2 rings (SSSR count). The first-order valence-corrected chi connectivity index (χ1v) is 6.13. The fourth-order valence-corrected chi connectivity index (χ4v) is 1.83. The van der Waals surface area contributed by atoms with Crippen LogP contribution in [0.4, 0.5) is 0 Å². The van der Waals surface area contributed by atoms with E-state index in [1.54, 1.807) is 9.36 Å². The molecule has 0 aliphatic carbocycles. The van der Waals surface area contributed by atoms with Gasteiger partial charge in [-0.05, 0) is 29.3 Å². The lowest BCUT2D eigenvalue weighted by molar-refractivity contribution is -0.137. The quantitative estimate of drug-likeness (QED) is 0.815. The number of aliphatic carboxylic acids is 1. The van der Waals surface area contributed by atoms with E-state index < -0.39 is 5.97 Å². The van der Waals surface area contributed by atoms with E-state index in [2.05, 4.69) is 20.6 Å². The van der Waals surface area contributed by atoms with Gasteiger partial charge in [-0.25, -0.2) is 4.68 Å². The van der Waals surface area contributed by atoms with Gasteiger partial charge in [-0.2, -0.15) is 5.10 Å². The van der Waals surface area contributed by atoms with Crippen LogP contribution in [0.15, 0.2) is 6.07 Å². The molecule has 102 valence electrons. The van der Waals surface area contributed by atoms with Gasteiger partial charge in [0.25, 0.3) is 0 Å². The highest BCUT2D eigenvalue weighted by Gasteiger charge is 2.14. The van der Waals surface area contributed by atoms with Crippen LogP contribution in [0, 0.1) is 0 Å². The Labute approximate surface area is 110 Å². The van der Waals surface area contributed by atoms with Crippen LogP contribution in [0.1, 0.15) is 25.5 Å². The molecule has 0 saturated heterocycles. The van der Waals surface area contributed by atoms with E-state index in [1.807, 2.05) is 20.0 Å². The van der Waals surface area contributed by atoms with Crippen molar-refractivity contribution in [3.63, 3.8) is 0 Å². The average molecular weight is 264 g/mol. The second-order valence-electron chi connectivity index (χ2n) is 4.22. The van der Waals surface area contributed by atoms with Crippen LogP contribution in [-0.4, -0.2) is 41.1 Å². The minimum Gasteiger partial charge on any atom is -0.481 e. The van der Waals surface area contributed by atoms with Gasteiger partial charge in [0.1, 0.15) is 5.69 Å². The van der Waals surface area contributed by atoms with Crippen molar-refractivity contribution in [2.75, 3.05) is 0 Å². The van der Waals surface area contributed by atoms with E-state index in [4.69, 9.17) is 5.11 Å². The number of aryl methyl sites for hydroxylation is 3. The molecule has 2 aromatic rings. The smallest absolute Gasteiger partial charge is 0.303 e. The Morgan fingerprint density at radius 2 is 2.26 bits per heavy atom. The number of carbonyl (C=O) groups is 1. The van der Waals surface area contributed by atoms with Crippen molar-refractivity contribution in [3.05, 3.63) is 11.8 Å². The Hall–Kier alpha value is -2.25. The molecular formula is C11H16N6O2. The molecule has 2 heterocycles. The summed E-state index contributed by atoms with van der Waals surface area (Å²) in [5.74, 6) is -0.205. The molecule has 0 saturated carbocycles. The third kappa shape index (κ3) is 2.95. The molecule has 2 aromatic heterocycles. The molecule has 19 heavy (non-hydrogen) atoms. The first-order valence-electron chi connectivity index (χ1n) is 6.13. The van der Waals surface area contributed by atoms with Gasteiger partial charge in [0.15, 0.2) is 5.82 Å². The number of tetrazole rings is 1. The van der Waals surface area contributed by atoms with Gasteiger partial charge in [-0.3, -0.25) is 9.48 Å². The Bertz CT molecular complexity index is 574. The van der Waals surface area contributed by atoms with E-state index in [0.717, 1.165) is 17.8 Å². The number of aromatic nitrogens is 6. The summed E-state index contributed by atoms with van der Waals surface area (Å²) in [7, 11) is 1.84. The summed E-state index contributed by atoms with van der Waals surface area (Å²) in [5, 5.41) is 24.5. The van der Waals surface area contributed by atoms with Crippen LogP contribution in [-0.2, 0) is 24.8 Å². The maximum atomic E-state index is 10.5. The Kier molecular flexibility index (Phi) is 3.88. The number of hydrogen-bond donors (Lipinski definition) is 1. The number of carboxylic acid groups (broad SMARTS) is 1. The molecule has 0 fully saturated rings. The zero-order valence-corrected chi connectivity index (χ0v) is 10.9. The molecule has 0 amide bonds. The molecule has 0 atom stereocenters. The average Bonchev–Trinajstić information content (AvgIpc) is 2.95. The van der Waals surface area contributed by atoms with Gasteiger partial charge in [-0.1, -0.05) is 6.92 Å². The van der Waals surface area contributed by atoms with Crippen molar-refractivity contribution in [2.45, 2.75) is 32.7 Å². The van der Waals surface area contributed by atoms with Gasteiger partial charge in [0, 0.05) is 20.0 Å². The van der Waals surface area contributed by atoms with Crippen LogP contribution < -0.4 is 0 Å². The predicted octanol–water partition coefficient (Wildman–Crippen LogP) is 0.501. The van der Waals surface area contributed by atoms with E-state index in [9.17, 15) is 4.79 Å². The van der Waals surface area contributed by atoms with Crippen molar-refractivity contribution in [3.8, 4) is 11.5 Å². The molecule has 0 unspecified atom stereocenters. The Morgan fingerprint density at radius 1 is 1.47 bits per heavy atom. The SMILES string of the molecule is CCc1cc(-c2nnnn2CCCC(=O)O)n(C)n1. The largest absolute Gasteiger partial charge is 0.481 e. The zero-order chi connectivity index (χ0) is 13.8. The summed E-state index contributed by atoms with van der Waals surface area (Å²) in [6.07, 6.45) is 1.44. The highest BCUT2D eigenvalue weighted by Crippen LogP contribution is 2.17. The van der Waals surface area contributed by atoms with Crippen molar-refractivity contribution in [1.82, 2.24) is 30.0 Å². The Balaban J connectivity index is 2.18. The zero-order valence-electron chi connectivity index (χ0n) is 10.9. The van der Waals surface area contributed by atoms with Gasteiger partial charge in [0.2, 0.25) is 0 Å². The van der Waals surface area contributed by atoms with Crippen LogP contribution in [0.3, 0.4) is 0 Å². The van der Waals surface area contributed by atoms with Crippen LogP contribution in [0.2, 0.25) is 0 Å². The van der Waals surface area contributed by atoms with Crippen molar-refractivity contribution in [2.24, 2.45) is 7.05 Å². The number of rotatable bonds is 6. The summed E-state index contributed by atoms with van der Waals surface area (Å²) in [6, 6.07) is 1.94. The van der Waals surface area contributed by atoms with E-state index in [1.165, 1.54) is 0 Å². The molecule has 1 N–H and O–H groups in total. The molecule has 0 aliphatic rings. The molecule has 0 aromatic carbocycles. The minimum absolute atomic E-state index is 0.102. The lowest BCUT2D eigenvalue weighted by Crippen LogP contribution is -2.07. The highest BCUT2D eigenvalue weighted by atomic mass is 16.4. The van der Waals surface area contributed by atoms with Crippen LogP contribution in [0.25, 0.3) is 11.5 Å². The summed E-state index contributed by atoms with van der Waals surface area (Å²) >= 11 is 0. The first-order chi connectivity index (χ1) is 9.11. The highest BCUT2D eigenvalue weighted by molar-refractivity contribution is 5.66. The second-order valence-corrected chi connectivity index (χ2v) is 4.22. The van der Waals surface area contributed by atoms with E-state index in [-0.39, 0.29) is 6.42 Å². The normalized spacial score (nSPS) is 10.8. The molecule has 0 radical (unpaired) electrons. The monoisotopic (exact) mass is 264 g/mol. The van der Waals surface area contributed by atoms with E-state index >= 15 is 0 Å². The minimum atomic E-state index is -0.816. The molecule has 8 heteroatoms. The van der Waals surface area contributed by atoms with E-state index in [0.29, 0.717) is 18.8 Å². The Morgan fingerprint density at radius 3 is 2.89 bits per heavy atom. The lowest BCUT2D eigenvalue weighted by Gasteiger charge is -2.03. The molecule has 0 bridgehead atoms. The third-order valence-corrected chi connectivity index (χ3v) is 2.81. The van der Waals surface area contributed by atoms with Gasteiger partial charge in [0.05, 0.1) is 5.69 Å². The maximum absolute atomic E-state index is 10.5. The number of nitrogens with zero attached hydrogens (tertiary/aromatic N) is 6. The maximum Gasteiger partial charge on any atom is 0.303 e. The second kappa shape index (κ2) is 5.59. The van der Waals surface area contributed by atoms with Gasteiger partial charge < -0.3 is 5.11 Å². The number of hydrogen-bond acceptors (Lipinski definition) is 5. The number of carboxylic acids is 1. The fraction of sp³-hybridized carbons (Fsp3) is 0.545. The standard InChI is InChI=1S/C11H16N6O2/c1-3-8-7-9(16(2)13-8)11-12-14-15-17(11)6-4-5-10(18)19/h7H,3-6H2,1-2H3,(H,18,19). The fourth-order valence-electron chi connectivity index (χ4n) is 1.83. The molecular weight excluding hydrogens is 248 g/mol. The summed E-state index contributed by atoms with van der Waals surface area (Å²) in [4.78, 5) is 10.5. The predicted molar refractivity (Wildman–Crippen MR) is 66.3 cm³/mol. The topological polar surface area (TPSA) is 98.7 Å². The first kappa shape index (κ1) is 13.2. The van der Waals surface area contributed by atoms with Crippen LogP contribution in [0.5, 0.6) is 0 Å². The van der Waals surface area contributed by atoms with Crippen molar-refractivity contribution >= 4 is 5.97 Å². The van der Waals surface area contributed by atoms with Crippen molar-refractivity contribution < 1.29 is 9.90 Å². The molecule has 0 aliphatic heterocycles. The van der Waals surface area contributed by atoms with Gasteiger partial charge >= 0.3 is 5.97 Å². The molecule has 0 spiro atoms. The molecule has 8 nitrogen and oxygen atoms in total. The van der Waals surface area contributed by atoms with Crippen LogP contribution >= 0.6 is 0 Å². The lowest BCUT2D eigenvalue weighted by atomic mass is 10.3. The summed E-state index contributed by atoms with van der Waals surface area (Å²) < 4.78 is 3.34. The van der Waals surface area contributed by atoms with Gasteiger partial charge in [-0.15, -0.1) is 5.10 Å². The van der Waals surface area contributed by atoms with Crippen molar-refractivity contribution in [1.29, 1.82) is 0 Å². The summed E-state index contributed by atoms with van der Waals surface area (Å²) in [5.41, 5.74) is 1.80. The summed E-state index contributed by atoms with van der Waals surface area (Å²) in [6.45, 7) is 2.50. The third-order valence-electron chi connectivity index (χ3n) is 2.81.